The van der Waals surface area contributed by atoms with Gasteiger partial charge in [0.2, 0.25) is 0 Å². The molecule has 0 spiro atoms. The van der Waals surface area contributed by atoms with Crippen LogP contribution in [0.4, 0.5) is 5.82 Å². The Morgan fingerprint density at radius 3 is 2.42 bits per heavy atom. The van der Waals surface area contributed by atoms with Crippen LogP contribution in [-0.2, 0) is 13.1 Å². The molecule has 3 heteroatoms. The third kappa shape index (κ3) is 2.93. The van der Waals surface area contributed by atoms with E-state index in [9.17, 15) is 0 Å². The molecule has 1 aromatic carbocycles. The summed E-state index contributed by atoms with van der Waals surface area (Å²) in [5, 5.41) is 0. The largest absolute Gasteiger partial charge is 0.349 e. The van der Waals surface area contributed by atoms with Gasteiger partial charge in [0.25, 0.3) is 0 Å². The van der Waals surface area contributed by atoms with E-state index in [1.54, 1.807) is 0 Å². The first-order chi connectivity index (χ1) is 9.36. The molecule has 98 valence electrons. The molecule has 1 heterocycles. The Kier molecular flexibility index (Phi) is 3.47. The van der Waals surface area contributed by atoms with E-state index in [4.69, 9.17) is 5.73 Å². The molecule has 0 aliphatic heterocycles. The van der Waals surface area contributed by atoms with Crippen LogP contribution in [0.25, 0.3) is 0 Å². The van der Waals surface area contributed by atoms with Gasteiger partial charge in [-0.2, -0.15) is 0 Å². The summed E-state index contributed by atoms with van der Waals surface area (Å²) < 4.78 is 0. The molecule has 2 aromatic rings. The van der Waals surface area contributed by atoms with Crippen LogP contribution in [0.5, 0.6) is 0 Å². The van der Waals surface area contributed by atoms with E-state index in [-0.39, 0.29) is 0 Å². The van der Waals surface area contributed by atoms with Crippen LogP contribution >= 0.6 is 0 Å². The molecule has 1 aromatic heterocycles. The number of hydrogen-bond donors (Lipinski definition) is 1. The SMILES string of the molecule is NCc1ccc(N(Cc2ccccc2)C2CC2)nc1. The second-order valence-electron chi connectivity index (χ2n) is 5.07. The highest BCUT2D eigenvalue weighted by Crippen LogP contribution is 2.32. The normalized spacial score (nSPS) is 14.4. The molecule has 0 bridgehead atoms. The van der Waals surface area contributed by atoms with Crippen molar-refractivity contribution >= 4 is 5.82 Å². The van der Waals surface area contributed by atoms with Crippen LogP contribution in [0.1, 0.15) is 24.0 Å². The van der Waals surface area contributed by atoms with Gasteiger partial charge in [-0.05, 0) is 30.0 Å². The lowest BCUT2D eigenvalue weighted by Crippen LogP contribution is -2.25. The second-order valence-corrected chi connectivity index (χ2v) is 5.07. The van der Waals surface area contributed by atoms with Crippen molar-refractivity contribution in [2.75, 3.05) is 4.90 Å². The van der Waals surface area contributed by atoms with Gasteiger partial charge in [-0.1, -0.05) is 36.4 Å². The summed E-state index contributed by atoms with van der Waals surface area (Å²) in [7, 11) is 0. The Labute approximate surface area is 114 Å². The highest BCUT2D eigenvalue weighted by atomic mass is 15.2. The lowest BCUT2D eigenvalue weighted by Gasteiger charge is -2.23. The van der Waals surface area contributed by atoms with E-state index in [1.165, 1.54) is 18.4 Å². The maximum atomic E-state index is 5.62. The number of hydrogen-bond acceptors (Lipinski definition) is 3. The van der Waals surface area contributed by atoms with Crippen molar-refractivity contribution in [3.8, 4) is 0 Å². The molecule has 0 unspecified atom stereocenters. The first kappa shape index (κ1) is 12.2. The molecule has 0 atom stereocenters. The zero-order chi connectivity index (χ0) is 13.1. The Balaban J connectivity index is 1.80. The lowest BCUT2D eigenvalue weighted by molar-refractivity contribution is 0.777. The van der Waals surface area contributed by atoms with Crippen LogP contribution < -0.4 is 10.6 Å². The van der Waals surface area contributed by atoms with Gasteiger partial charge in [0.05, 0.1) is 0 Å². The number of aromatic nitrogens is 1. The molecule has 0 amide bonds. The van der Waals surface area contributed by atoms with Gasteiger partial charge < -0.3 is 10.6 Å². The standard InChI is InChI=1S/C16H19N3/c17-10-14-6-9-16(18-11-14)19(15-7-8-15)12-13-4-2-1-3-5-13/h1-6,9,11,15H,7-8,10,12,17H2. The van der Waals surface area contributed by atoms with Gasteiger partial charge in [-0.3, -0.25) is 0 Å². The van der Waals surface area contributed by atoms with Gasteiger partial charge in [0.15, 0.2) is 0 Å². The van der Waals surface area contributed by atoms with Crippen molar-refractivity contribution in [2.45, 2.75) is 32.0 Å². The number of anilines is 1. The zero-order valence-electron chi connectivity index (χ0n) is 11.0. The van der Waals surface area contributed by atoms with Gasteiger partial charge in [-0.15, -0.1) is 0 Å². The average Bonchev–Trinajstić information content (AvgIpc) is 3.31. The molecule has 19 heavy (non-hydrogen) atoms. The zero-order valence-corrected chi connectivity index (χ0v) is 11.0. The first-order valence-electron chi connectivity index (χ1n) is 6.82. The highest BCUT2D eigenvalue weighted by Gasteiger charge is 2.29. The summed E-state index contributed by atoms with van der Waals surface area (Å²) in [5.41, 5.74) is 8.03. The molecule has 1 fully saturated rings. The van der Waals surface area contributed by atoms with E-state index in [0.717, 1.165) is 17.9 Å². The monoisotopic (exact) mass is 253 g/mol. The van der Waals surface area contributed by atoms with Crippen molar-refractivity contribution in [1.29, 1.82) is 0 Å². The molecule has 3 rings (SSSR count). The second kappa shape index (κ2) is 5.41. The number of benzene rings is 1. The summed E-state index contributed by atoms with van der Waals surface area (Å²) in [6, 6.07) is 15.4. The minimum absolute atomic E-state index is 0.551. The van der Waals surface area contributed by atoms with Crippen molar-refractivity contribution < 1.29 is 0 Å². The van der Waals surface area contributed by atoms with Gasteiger partial charge in [0.1, 0.15) is 5.82 Å². The van der Waals surface area contributed by atoms with Crippen molar-refractivity contribution in [3.63, 3.8) is 0 Å². The fraction of sp³-hybridized carbons (Fsp3) is 0.312. The molecule has 3 nitrogen and oxygen atoms in total. The highest BCUT2D eigenvalue weighted by molar-refractivity contribution is 5.43. The Morgan fingerprint density at radius 1 is 1.05 bits per heavy atom. The van der Waals surface area contributed by atoms with Crippen molar-refractivity contribution in [1.82, 2.24) is 4.98 Å². The molecule has 0 saturated heterocycles. The minimum atomic E-state index is 0.551. The summed E-state index contributed by atoms with van der Waals surface area (Å²) in [6.45, 7) is 1.48. The molecule has 1 saturated carbocycles. The lowest BCUT2D eigenvalue weighted by atomic mass is 10.2. The molecule has 0 radical (unpaired) electrons. The van der Waals surface area contributed by atoms with E-state index in [1.807, 2.05) is 6.20 Å². The minimum Gasteiger partial charge on any atom is -0.349 e. The van der Waals surface area contributed by atoms with Crippen LogP contribution in [0.15, 0.2) is 48.7 Å². The summed E-state index contributed by atoms with van der Waals surface area (Å²) in [5.74, 6) is 1.06. The predicted octanol–water partition coefficient (Wildman–Crippen LogP) is 2.71. The van der Waals surface area contributed by atoms with E-state index < -0.39 is 0 Å². The van der Waals surface area contributed by atoms with Crippen LogP contribution in [0, 0.1) is 0 Å². The third-order valence-corrected chi connectivity index (χ3v) is 3.52. The van der Waals surface area contributed by atoms with Gasteiger partial charge >= 0.3 is 0 Å². The average molecular weight is 253 g/mol. The maximum absolute atomic E-state index is 5.62. The van der Waals surface area contributed by atoms with Crippen LogP contribution in [0.2, 0.25) is 0 Å². The van der Waals surface area contributed by atoms with Crippen LogP contribution in [-0.4, -0.2) is 11.0 Å². The topological polar surface area (TPSA) is 42.1 Å². The first-order valence-corrected chi connectivity index (χ1v) is 6.82. The fourth-order valence-electron chi connectivity index (χ4n) is 2.27. The number of pyridine rings is 1. The molecule has 1 aliphatic rings. The van der Waals surface area contributed by atoms with Crippen molar-refractivity contribution in [2.24, 2.45) is 5.73 Å². The molecule has 2 N–H and O–H groups in total. The quantitative estimate of drug-likeness (QED) is 0.891. The number of rotatable bonds is 5. The Hall–Kier alpha value is -1.87. The predicted molar refractivity (Wildman–Crippen MR) is 77.8 cm³/mol. The molecular formula is C16H19N3. The Morgan fingerprint density at radius 2 is 1.84 bits per heavy atom. The molecule has 1 aliphatic carbocycles. The summed E-state index contributed by atoms with van der Waals surface area (Å²) in [6.07, 6.45) is 4.43. The van der Waals surface area contributed by atoms with Gasteiger partial charge in [0, 0.05) is 25.3 Å². The number of nitrogens with zero attached hydrogens (tertiary/aromatic N) is 2. The number of nitrogens with two attached hydrogens (primary N) is 1. The maximum Gasteiger partial charge on any atom is 0.129 e. The third-order valence-electron chi connectivity index (χ3n) is 3.52. The molecular weight excluding hydrogens is 234 g/mol. The summed E-state index contributed by atoms with van der Waals surface area (Å²) >= 11 is 0. The Bertz CT molecular complexity index is 517. The van der Waals surface area contributed by atoms with E-state index >= 15 is 0 Å². The smallest absolute Gasteiger partial charge is 0.129 e. The van der Waals surface area contributed by atoms with Gasteiger partial charge in [-0.25, -0.2) is 4.98 Å². The summed E-state index contributed by atoms with van der Waals surface area (Å²) in [4.78, 5) is 6.95. The van der Waals surface area contributed by atoms with Crippen molar-refractivity contribution in [3.05, 3.63) is 59.8 Å². The van der Waals surface area contributed by atoms with Crippen LogP contribution in [0.3, 0.4) is 0 Å². The van der Waals surface area contributed by atoms with E-state index in [2.05, 4.69) is 52.3 Å². The fourth-order valence-corrected chi connectivity index (χ4v) is 2.27. The van der Waals surface area contributed by atoms with E-state index in [0.29, 0.717) is 12.6 Å².